The summed E-state index contributed by atoms with van der Waals surface area (Å²) in [6.45, 7) is 0.624. The number of hydrogen-bond acceptors (Lipinski definition) is 5. The van der Waals surface area contributed by atoms with Crippen molar-refractivity contribution in [2.75, 3.05) is 6.54 Å². The van der Waals surface area contributed by atoms with Crippen LogP contribution in [0.1, 0.15) is 66.6 Å². The molecule has 2 fully saturated rings. The third-order valence-electron chi connectivity index (χ3n) is 5.29. The fraction of sp³-hybridized carbons (Fsp3) is 0.500. The number of hydrogen-bond donors (Lipinski definition) is 1. The molecule has 1 amide bonds. The monoisotopic (exact) mass is 430 g/mol. The molecule has 0 spiro atoms. The Bertz CT molecular complexity index is 816. The Hall–Kier alpha value is -1.34. The van der Waals surface area contributed by atoms with E-state index in [-0.39, 0.29) is 24.4 Å². The van der Waals surface area contributed by atoms with Gasteiger partial charge in [-0.1, -0.05) is 41.2 Å². The van der Waals surface area contributed by atoms with Gasteiger partial charge in [-0.25, -0.2) is 0 Å². The number of benzene rings is 1. The second-order valence-corrected chi connectivity index (χ2v) is 8.01. The maximum atomic E-state index is 13.0. The molecule has 4 rings (SSSR count). The molecule has 27 heavy (non-hydrogen) atoms. The number of carbonyl (C=O) groups excluding carboxylic acids is 1. The molecule has 1 unspecified atom stereocenters. The van der Waals surface area contributed by atoms with Gasteiger partial charge in [-0.05, 0) is 43.9 Å². The van der Waals surface area contributed by atoms with E-state index in [1.165, 1.54) is 0 Å². The van der Waals surface area contributed by atoms with Crippen molar-refractivity contribution in [2.45, 2.75) is 50.1 Å². The van der Waals surface area contributed by atoms with Crippen molar-refractivity contribution >= 4 is 41.5 Å². The summed E-state index contributed by atoms with van der Waals surface area (Å²) in [4.78, 5) is 19.3. The Balaban J connectivity index is 0.00000210. The number of aromatic nitrogens is 2. The molecular formula is C18H21Cl3N4O2. The van der Waals surface area contributed by atoms with Crippen molar-refractivity contribution in [3.8, 4) is 0 Å². The molecule has 146 valence electrons. The molecule has 1 aromatic heterocycles. The van der Waals surface area contributed by atoms with Gasteiger partial charge in [0.1, 0.15) is 6.04 Å². The standard InChI is InChI=1S/C18H20Cl2N4O2.ClH/c19-12-8-11(9-13(20)10-12)16(25)24-7-3-4-14(24)15-22-17(23-26-15)18(21)5-1-2-6-18;/h8-10,14H,1-7,21H2;1H. The molecule has 0 radical (unpaired) electrons. The Kier molecular flexibility index (Phi) is 6.01. The number of nitrogens with two attached hydrogens (primary N) is 1. The lowest BCUT2D eigenvalue weighted by Crippen LogP contribution is -2.34. The zero-order chi connectivity index (χ0) is 18.3. The molecule has 1 saturated carbocycles. The molecular weight excluding hydrogens is 411 g/mol. The minimum atomic E-state index is -0.504. The van der Waals surface area contributed by atoms with Crippen molar-refractivity contribution in [3.63, 3.8) is 0 Å². The SMILES string of the molecule is Cl.NC1(c2noc(C3CCCN3C(=O)c3cc(Cl)cc(Cl)c3)n2)CCCC1. The molecule has 6 nitrogen and oxygen atoms in total. The largest absolute Gasteiger partial charge is 0.337 e. The quantitative estimate of drug-likeness (QED) is 0.773. The highest BCUT2D eigenvalue weighted by atomic mass is 35.5. The maximum absolute atomic E-state index is 13.0. The van der Waals surface area contributed by atoms with E-state index in [4.69, 9.17) is 33.5 Å². The first kappa shape index (κ1) is 20.4. The molecule has 1 aromatic carbocycles. The van der Waals surface area contributed by atoms with Crippen LogP contribution in [0.3, 0.4) is 0 Å². The number of carbonyl (C=O) groups is 1. The summed E-state index contributed by atoms with van der Waals surface area (Å²) in [5, 5.41) is 4.98. The fourth-order valence-corrected chi connectivity index (χ4v) is 4.44. The topological polar surface area (TPSA) is 85.2 Å². The van der Waals surface area contributed by atoms with Crippen molar-refractivity contribution in [1.29, 1.82) is 0 Å². The Morgan fingerprint density at radius 1 is 1.19 bits per heavy atom. The minimum Gasteiger partial charge on any atom is -0.337 e. The van der Waals surface area contributed by atoms with E-state index in [0.29, 0.717) is 33.9 Å². The first-order chi connectivity index (χ1) is 12.5. The highest BCUT2D eigenvalue weighted by Crippen LogP contribution is 2.37. The van der Waals surface area contributed by atoms with Crippen LogP contribution in [0.15, 0.2) is 22.7 Å². The van der Waals surface area contributed by atoms with E-state index < -0.39 is 5.54 Å². The van der Waals surface area contributed by atoms with Gasteiger partial charge in [-0.3, -0.25) is 4.79 Å². The van der Waals surface area contributed by atoms with Gasteiger partial charge in [0.05, 0.1) is 5.54 Å². The average molecular weight is 432 g/mol. The first-order valence-corrected chi connectivity index (χ1v) is 9.62. The Morgan fingerprint density at radius 3 is 2.52 bits per heavy atom. The highest BCUT2D eigenvalue weighted by Gasteiger charge is 2.39. The van der Waals surface area contributed by atoms with Crippen molar-refractivity contribution < 1.29 is 9.32 Å². The third kappa shape index (κ3) is 3.94. The highest BCUT2D eigenvalue weighted by molar-refractivity contribution is 6.35. The van der Waals surface area contributed by atoms with E-state index in [2.05, 4.69) is 10.1 Å². The lowest BCUT2D eigenvalue weighted by atomic mass is 9.98. The molecule has 9 heteroatoms. The summed E-state index contributed by atoms with van der Waals surface area (Å²) in [6, 6.07) is 4.61. The molecule has 1 aliphatic heterocycles. The Morgan fingerprint density at radius 2 is 1.85 bits per heavy atom. The number of halogens is 3. The van der Waals surface area contributed by atoms with Gasteiger partial charge in [-0.15, -0.1) is 12.4 Å². The van der Waals surface area contributed by atoms with Gasteiger partial charge in [0.25, 0.3) is 5.91 Å². The molecule has 2 N–H and O–H groups in total. The molecule has 2 aromatic rings. The zero-order valence-electron chi connectivity index (χ0n) is 14.7. The normalized spacial score (nSPS) is 21.3. The van der Waals surface area contributed by atoms with Gasteiger partial charge in [0.15, 0.2) is 5.82 Å². The van der Waals surface area contributed by atoms with Crippen molar-refractivity contribution in [2.24, 2.45) is 5.73 Å². The van der Waals surface area contributed by atoms with Gasteiger partial charge in [-0.2, -0.15) is 4.98 Å². The molecule has 2 heterocycles. The van der Waals surface area contributed by atoms with Crippen LogP contribution in [-0.4, -0.2) is 27.5 Å². The summed E-state index contributed by atoms with van der Waals surface area (Å²) in [6.07, 6.45) is 5.52. The number of likely N-dealkylation sites (tertiary alicyclic amines) is 1. The summed E-state index contributed by atoms with van der Waals surface area (Å²) in [5.41, 5.74) is 6.37. The van der Waals surface area contributed by atoms with Crippen molar-refractivity contribution in [1.82, 2.24) is 15.0 Å². The molecule has 0 bridgehead atoms. The second-order valence-electron chi connectivity index (χ2n) is 7.13. The molecule has 1 saturated heterocycles. The Labute approximate surface area is 173 Å². The van der Waals surface area contributed by atoms with Crippen LogP contribution in [0, 0.1) is 0 Å². The van der Waals surface area contributed by atoms with Crippen LogP contribution < -0.4 is 5.73 Å². The molecule has 1 aliphatic carbocycles. The lowest BCUT2D eigenvalue weighted by molar-refractivity contribution is 0.0710. The zero-order valence-corrected chi connectivity index (χ0v) is 17.0. The van der Waals surface area contributed by atoms with Crippen LogP contribution in [0.4, 0.5) is 0 Å². The predicted molar refractivity (Wildman–Crippen MR) is 105 cm³/mol. The summed E-state index contributed by atoms with van der Waals surface area (Å²) in [5.74, 6) is 0.866. The molecule has 2 aliphatic rings. The van der Waals surface area contributed by atoms with E-state index in [0.717, 1.165) is 38.5 Å². The summed E-state index contributed by atoms with van der Waals surface area (Å²) in [7, 11) is 0. The van der Waals surface area contributed by atoms with Crippen LogP contribution in [0.2, 0.25) is 10.0 Å². The van der Waals surface area contributed by atoms with E-state index in [9.17, 15) is 4.79 Å². The lowest BCUT2D eigenvalue weighted by Gasteiger charge is -2.22. The van der Waals surface area contributed by atoms with E-state index >= 15 is 0 Å². The summed E-state index contributed by atoms with van der Waals surface area (Å²) < 4.78 is 5.50. The third-order valence-corrected chi connectivity index (χ3v) is 5.73. The van der Waals surface area contributed by atoms with E-state index in [1.54, 1.807) is 23.1 Å². The smallest absolute Gasteiger partial charge is 0.254 e. The van der Waals surface area contributed by atoms with Crippen LogP contribution in [0.5, 0.6) is 0 Å². The second kappa shape index (κ2) is 7.95. The van der Waals surface area contributed by atoms with Crippen molar-refractivity contribution in [3.05, 3.63) is 45.5 Å². The predicted octanol–water partition coefficient (Wildman–Crippen LogP) is 4.50. The fourth-order valence-electron chi connectivity index (χ4n) is 3.91. The van der Waals surface area contributed by atoms with Gasteiger partial charge in [0.2, 0.25) is 5.89 Å². The van der Waals surface area contributed by atoms with Gasteiger partial charge in [0, 0.05) is 22.2 Å². The number of nitrogens with zero attached hydrogens (tertiary/aromatic N) is 3. The average Bonchev–Trinajstić information content (AvgIpc) is 3.33. The van der Waals surface area contributed by atoms with Gasteiger partial charge < -0.3 is 15.2 Å². The number of amides is 1. The first-order valence-electron chi connectivity index (χ1n) is 8.86. The minimum absolute atomic E-state index is 0. The van der Waals surface area contributed by atoms with E-state index in [1.807, 2.05) is 0 Å². The van der Waals surface area contributed by atoms with Crippen LogP contribution >= 0.6 is 35.6 Å². The van der Waals surface area contributed by atoms with Gasteiger partial charge >= 0.3 is 0 Å². The van der Waals surface area contributed by atoms with Crippen LogP contribution in [0.25, 0.3) is 0 Å². The molecule has 1 atom stereocenters. The maximum Gasteiger partial charge on any atom is 0.254 e. The van der Waals surface area contributed by atoms with Crippen LogP contribution in [-0.2, 0) is 5.54 Å². The number of rotatable bonds is 3. The summed E-state index contributed by atoms with van der Waals surface area (Å²) >= 11 is 12.1.